The molecule has 0 saturated heterocycles. The molecule has 0 bridgehead atoms. The van der Waals surface area contributed by atoms with Crippen molar-refractivity contribution >= 4 is 34.5 Å². The van der Waals surface area contributed by atoms with E-state index in [0.717, 1.165) is 4.88 Å². The maximum absolute atomic E-state index is 11.9. The van der Waals surface area contributed by atoms with Crippen LogP contribution in [0.3, 0.4) is 0 Å². The quantitative estimate of drug-likeness (QED) is 0.633. The van der Waals surface area contributed by atoms with Crippen molar-refractivity contribution in [3.05, 3.63) is 21.9 Å². The fraction of sp³-hybridized carbons (Fsp3) is 0.571. The van der Waals surface area contributed by atoms with Gasteiger partial charge in [0.1, 0.15) is 21.5 Å². The van der Waals surface area contributed by atoms with Crippen molar-refractivity contribution in [1.82, 2.24) is 0 Å². The summed E-state index contributed by atoms with van der Waals surface area (Å²) in [6.07, 6.45) is 1.54. The smallest absolute Gasteiger partial charge is 0.348 e. The molecule has 1 atom stereocenters. The van der Waals surface area contributed by atoms with Gasteiger partial charge in [0, 0.05) is 4.88 Å². The maximum atomic E-state index is 11.9. The fourth-order valence-electron chi connectivity index (χ4n) is 1.12. The molecule has 1 heterocycles. The van der Waals surface area contributed by atoms with Crippen molar-refractivity contribution in [3.8, 4) is 0 Å². The molecule has 0 aliphatic heterocycles. The fourth-order valence-corrected chi connectivity index (χ4v) is 2.47. The first-order valence-electron chi connectivity index (χ1n) is 6.28. The average molecular weight is 315 g/mol. The van der Waals surface area contributed by atoms with Crippen LogP contribution < -0.4 is 0 Å². The highest BCUT2D eigenvalue weighted by Gasteiger charge is 2.20. The van der Waals surface area contributed by atoms with Crippen molar-refractivity contribution in [2.75, 3.05) is 0 Å². The zero-order chi connectivity index (χ0) is 15.6. The zero-order valence-electron chi connectivity index (χ0n) is 12.7. The number of carbonyl (C=O) groups excluding carboxylic acids is 1. The third kappa shape index (κ3) is 5.54. The Morgan fingerprint density at radius 3 is 2.35 bits per heavy atom. The molecule has 4 nitrogen and oxygen atoms in total. The van der Waals surface area contributed by atoms with Gasteiger partial charge >= 0.3 is 5.97 Å². The second-order valence-electron chi connectivity index (χ2n) is 6.30. The standard InChI is InChI=1S/C14H21NO3S2/c1-13(2,3)18-12(16)11-8-7-10(19-11)9-15-20(17)14(4,5)6/h7-9H,1-6H3/t20-/m0/s1. The number of hydrogen-bond acceptors (Lipinski definition) is 4. The number of thiophene rings is 1. The van der Waals surface area contributed by atoms with Gasteiger partial charge in [-0.15, -0.1) is 11.3 Å². The highest BCUT2D eigenvalue weighted by molar-refractivity contribution is 7.85. The second-order valence-corrected chi connectivity index (χ2v) is 9.35. The topological polar surface area (TPSA) is 55.7 Å². The van der Waals surface area contributed by atoms with E-state index in [1.807, 2.05) is 41.5 Å². The van der Waals surface area contributed by atoms with E-state index in [1.165, 1.54) is 11.3 Å². The molecule has 6 heteroatoms. The highest BCUT2D eigenvalue weighted by atomic mass is 32.2. The van der Waals surface area contributed by atoms with Crippen LogP contribution >= 0.6 is 11.3 Å². The first-order chi connectivity index (χ1) is 8.99. The SMILES string of the molecule is CC(C)(C)OC(=O)c1ccc(C=N[S@@](=O)C(C)(C)C)s1. The van der Waals surface area contributed by atoms with Crippen LogP contribution in [-0.2, 0) is 15.7 Å². The van der Waals surface area contributed by atoms with Crippen LogP contribution in [0.15, 0.2) is 16.5 Å². The molecule has 20 heavy (non-hydrogen) atoms. The molecule has 0 aliphatic rings. The lowest BCUT2D eigenvalue weighted by atomic mass is 10.2. The molecule has 0 fully saturated rings. The van der Waals surface area contributed by atoms with E-state index in [2.05, 4.69) is 4.40 Å². The van der Waals surface area contributed by atoms with Gasteiger partial charge in [0.15, 0.2) is 0 Å². The van der Waals surface area contributed by atoms with Crippen molar-refractivity contribution in [2.45, 2.75) is 51.9 Å². The summed E-state index contributed by atoms with van der Waals surface area (Å²) in [4.78, 5) is 13.2. The Kier molecular flexibility index (Phi) is 5.27. The molecular formula is C14H21NO3S2. The predicted molar refractivity (Wildman–Crippen MR) is 85.0 cm³/mol. The number of carbonyl (C=O) groups is 1. The molecule has 0 spiro atoms. The number of hydrogen-bond donors (Lipinski definition) is 0. The minimum Gasteiger partial charge on any atom is -0.456 e. The van der Waals surface area contributed by atoms with Crippen LogP contribution in [-0.4, -0.2) is 26.7 Å². The Balaban J connectivity index is 2.76. The lowest BCUT2D eigenvalue weighted by Crippen LogP contribution is -2.23. The van der Waals surface area contributed by atoms with Gasteiger partial charge < -0.3 is 4.74 Å². The first kappa shape index (κ1) is 17.0. The molecule has 0 radical (unpaired) electrons. The second kappa shape index (κ2) is 6.18. The summed E-state index contributed by atoms with van der Waals surface area (Å²) in [6, 6.07) is 3.47. The summed E-state index contributed by atoms with van der Waals surface area (Å²) in [7, 11) is -1.30. The molecular weight excluding hydrogens is 294 g/mol. The Labute approximate surface area is 126 Å². The van der Waals surface area contributed by atoms with E-state index < -0.39 is 16.6 Å². The minimum atomic E-state index is -1.30. The van der Waals surface area contributed by atoms with Gasteiger partial charge in [0.2, 0.25) is 0 Å². The molecule has 1 rings (SSSR count). The molecule has 0 aliphatic carbocycles. The number of ether oxygens (including phenoxy) is 1. The largest absolute Gasteiger partial charge is 0.456 e. The zero-order valence-corrected chi connectivity index (χ0v) is 14.4. The number of esters is 1. The summed E-state index contributed by atoms with van der Waals surface area (Å²) in [5.41, 5.74) is -0.511. The molecule has 0 N–H and O–H groups in total. The lowest BCUT2D eigenvalue weighted by molar-refractivity contribution is 0.00752. The third-order valence-corrected chi connectivity index (χ3v) is 4.37. The summed E-state index contributed by atoms with van der Waals surface area (Å²) < 4.78 is 20.7. The summed E-state index contributed by atoms with van der Waals surface area (Å²) in [5.74, 6) is -0.348. The highest BCUT2D eigenvalue weighted by Crippen LogP contribution is 2.20. The van der Waals surface area contributed by atoms with Gasteiger partial charge in [-0.1, -0.05) is 0 Å². The lowest BCUT2D eigenvalue weighted by Gasteiger charge is -2.18. The number of rotatable bonds is 3. The van der Waals surface area contributed by atoms with Crippen LogP contribution in [0.25, 0.3) is 0 Å². The summed E-state index contributed by atoms with van der Waals surface area (Å²) in [6.45, 7) is 11.1. The average Bonchev–Trinajstić information content (AvgIpc) is 2.70. The minimum absolute atomic E-state index is 0.348. The van der Waals surface area contributed by atoms with Gasteiger partial charge in [-0.25, -0.2) is 9.00 Å². The molecule has 0 unspecified atom stereocenters. The predicted octanol–water partition coefficient (Wildman–Crippen LogP) is 3.58. The van der Waals surface area contributed by atoms with Gasteiger partial charge in [0.05, 0.1) is 11.0 Å². The first-order valence-corrected chi connectivity index (χ1v) is 8.20. The Morgan fingerprint density at radius 2 is 1.85 bits per heavy atom. The van der Waals surface area contributed by atoms with E-state index in [-0.39, 0.29) is 10.7 Å². The van der Waals surface area contributed by atoms with Gasteiger partial charge in [-0.3, -0.25) is 0 Å². The molecule has 0 saturated carbocycles. The summed E-state index contributed by atoms with van der Waals surface area (Å²) in [5, 5.41) is 0. The van der Waals surface area contributed by atoms with Crippen LogP contribution in [0.4, 0.5) is 0 Å². The molecule has 112 valence electrons. The van der Waals surface area contributed by atoms with Crippen LogP contribution in [0.5, 0.6) is 0 Å². The van der Waals surface area contributed by atoms with E-state index in [0.29, 0.717) is 4.88 Å². The molecule has 1 aromatic heterocycles. The van der Waals surface area contributed by atoms with E-state index in [4.69, 9.17) is 4.74 Å². The van der Waals surface area contributed by atoms with E-state index in [1.54, 1.807) is 18.3 Å². The Hall–Kier alpha value is -1.01. The maximum Gasteiger partial charge on any atom is 0.348 e. The number of nitrogens with zero attached hydrogens (tertiary/aromatic N) is 1. The van der Waals surface area contributed by atoms with Gasteiger partial charge in [0.25, 0.3) is 0 Å². The third-order valence-electron chi connectivity index (χ3n) is 2.03. The van der Waals surface area contributed by atoms with Crippen LogP contribution in [0.1, 0.15) is 56.1 Å². The Morgan fingerprint density at radius 1 is 1.25 bits per heavy atom. The normalized spacial score (nSPS) is 14.5. The summed E-state index contributed by atoms with van der Waals surface area (Å²) >= 11 is 1.28. The van der Waals surface area contributed by atoms with Crippen molar-refractivity contribution < 1.29 is 13.7 Å². The van der Waals surface area contributed by atoms with Gasteiger partial charge in [-0.05, 0) is 53.7 Å². The van der Waals surface area contributed by atoms with Crippen molar-refractivity contribution in [1.29, 1.82) is 0 Å². The monoisotopic (exact) mass is 315 g/mol. The van der Waals surface area contributed by atoms with Crippen LogP contribution in [0.2, 0.25) is 0 Å². The van der Waals surface area contributed by atoms with E-state index in [9.17, 15) is 9.00 Å². The Bertz CT molecular complexity index is 533. The molecule has 1 aromatic rings. The van der Waals surface area contributed by atoms with Gasteiger partial charge in [-0.2, -0.15) is 4.40 Å². The van der Waals surface area contributed by atoms with Crippen molar-refractivity contribution in [3.63, 3.8) is 0 Å². The molecule has 0 amide bonds. The van der Waals surface area contributed by atoms with Crippen LogP contribution in [0, 0.1) is 0 Å². The van der Waals surface area contributed by atoms with E-state index >= 15 is 0 Å². The van der Waals surface area contributed by atoms with Crippen molar-refractivity contribution in [2.24, 2.45) is 4.40 Å². The molecule has 0 aromatic carbocycles.